The van der Waals surface area contributed by atoms with E-state index >= 15 is 0 Å². The van der Waals surface area contributed by atoms with E-state index in [2.05, 4.69) is 38.0 Å². The minimum absolute atomic E-state index is 0.228. The van der Waals surface area contributed by atoms with E-state index in [1.807, 2.05) is 0 Å². The maximum Gasteiger partial charge on any atom is 0.206 e. The van der Waals surface area contributed by atoms with Gasteiger partial charge in [0, 0.05) is 12.3 Å². The summed E-state index contributed by atoms with van der Waals surface area (Å²) in [5.41, 5.74) is 1.000. The van der Waals surface area contributed by atoms with Crippen molar-refractivity contribution in [2.24, 2.45) is 0 Å². The second kappa shape index (κ2) is 7.02. The van der Waals surface area contributed by atoms with E-state index in [1.165, 1.54) is 23.5 Å². The highest BCUT2D eigenvalue weighted by Gasteiger charge is 2.04. The molecule has 0 bridgehead atoms. The van der Waals surface area contributed by atoms with Crippen LogP contribution in [-0.2, 0) is 6.54 Å². The van der Waals surface area contributed by atoms with Crippen molar-refractivity contribution in [2.75, 3.05) is 11.1 Å². The Labute approximate surface area is 127 Å². The molecule has 0 aliphatic carbocycles. The van der Waals surface area contributed by atoms with Crippen LogP contribution in [0.15, 0.2) is 39.7 Å². The van der Waals surface area contributed by atoms with Gasteiger partial charge in [0.05, 0.1) is 0 Å². The second-order valence-electron chi connectivity index (χ2n) is 3.66. The monoisotopic (exact) mass is 359 g/mol. The van der Waals surface area contributed by atoms with Gasteiger partial charge in [-0.3, -0.25) is 0 Å². The molecule has 3 nitrogen and oxygen atoms in total. The van der Waals surface area contributed by atoms with E-state index < -0.39 is 0 Å². The number of rotatable bonds is 6. The lowest BCUT2D eigenvalue weighted by molar-refractivity contribution is 0.627. The zero-order valence-electron chi connectivity index (χ0n) is 9.90. The third kappa shape index (κ3) is 4.93. The van der Waals surface area contributed by atoms with E-state index in [9.17, 15) is 4.39 Å². The third-order valence-electron chi connectivity index (χ3n) is 2.12. The van der Waals surface area contributed by atoms with Gasteiger partial charge < -0.3 is 5.32 Å². The van der Waals surface area contributed by atoms with E-state index in [0.29, 0.717) is 6.54 Å². The van der Waals surface area contributed by atoms with Crippen LogP contribution in [0.2, 0.25) is 0 Å². The summed E-state index contributed by atoms with van der Waals surface area (Å²) in [6, 6.07) is 6.38. The molecule has 2 rings (SSSR count). The topological polar surface area (TPSA) is 37.8 Å². The van der Waals surface area contributed by atoms with Crippen LogP contribution >= 0.6 is 39.0 Å². The fourth-order valence-electron chi connectivity index (χ4n) is 1.26. The first-order chi connectivity index (χ1) is 9.13. The Morgan fingerprint density at radius 3 is 2.79 bits per heavy atom. The number of hydrogen-bond donors (Lipinski definition) is 1. The summed E-state index contributed by atoms with van der Waals surface area (Å²) in [5, 5.41) is 12.0. The molecule has 0 spiro atoms. The molecule has 0 amide bonds. The van der Waals surface area contributed by atoms with Crippen molar-refractivity contribution in [3.63, 3.8) is 0 Å². The molecule has 7 heteroatoms. The Kier molecular flexibility index (Phi) is 5.35. The Balaban J connectivity index is 1.86. The van der Waals surface area contributed by atoms with Gasteiger partial charge in [0.2, 0.25) is 5.13 Å². The second-order valence-corrected chi connectivity index (χ2v) is 6.98. The normalized spacial score (nSPS) is 10.4. The predicted octanol–water partition coefficient (Wildman–Crippen LogP) is 4.29. The third-order valence-corrected chi connectivity index (χ3v) is 4.87. The molecule has 1 heterocycles. The Morgan fingerprint density at radius 2 is 2.11 bits per heavy atom. The number of thioether (sulfide) groups is 1. The molecule has 2 aromatic rings. The van der Waals surface area contributed by atoms with Gasteiger partial charge in [-0.1, -0.05) is 57.7 Å². The summed E-state index contributed by atoms with van der Waals surface area (Å²) >= 11 is 6.37. The first kappa shape index (κ1) is 14.5. The van der Waals surface area contributed by atoms with Crippen LogP contribution in [0.5, 0.6) is 0 Å². The van der Waals surface area contributed by atoms with E-state index in [4.69, 9.17) is 0 Å². The van der Waals surface area contributed by atoms with Crippen LogP contribution in [0.25, 0.3) is 0 Å². The summed E-state index contributed by atoms with van der Waals surface area (Å²) in [5.74, 6) is 0.542. The van der Waals surface area contributed by atoms with Gasteiger partial charge in [0.25, 0.3) is 0 Å². The van der Waals surface area contributed by atoms with Gasteiger partial charge >= 0.3 is 0 Å². The SMILES string of the molecule is C=C(Br)CSc1nnc(NCc2ccc(F)cc2)s1. The zero-order valence-corrected chi connectivity index (χ0v) is 13.1. The van der Waals surface area contributed by atoms with Gasteiger partial charge in [0.15, 0.2) is 4.34 Å². The van der Waals surface area contributed by atoms with Crippen LogP contribution in [-0.4, -0.2) is 16.0 Å². The van der Waals surface area contributed by atoms with Crippen LogP contribution in [0, 0.1) is 5.82 Å². The van der Waals surface area contributed by atoms with Crippen LogP contribution in [0.3, 0.4) is 0 Å². The van der Waals surface area contributed by atoms with Crippen molar-refractivity contribution in [2.45, 2.75) is 10.9 Å². The summed E-state index contributed by atoms with van der Waals surface area (Å²) in [4.78, 5) is 0. The number of anilines is 1. The molecule has 0 radical (unpaired) electrons. The number of halogens is 2. The van der Waals surface area contributed by atoms with Gasteiger partial charge in [-0.05, 0) is 22.2 Å². The lowest BCUT2D eigenvalue weighted by Crippen LogP contribution is -1.98. The highest BCUT2D eigenvalue weighted by molar-refractivity contribution is 9.11. The molecule has 0 saturated carbocycles. The Bertz CT molecular complexity index is 556. The first-order valence-electron chi connectivity index (χ1n) is 5.41. The number of nitrogens with one attached hydrogen (secondary N) is 1. The number of nitrogens with zero attached hydrogens (tertiary/aromatic N) is 2. The van der Waals surface area contributed by atoms with E-state index in [1.54, 1.807) is 23.9 Å². The minimum atomic E-state index is -0.228. The van der Waals surface area contributed by atoms with Crippen LogP contribution < -0.4 is 5.32 Å². The largest absolute Gasteiger partial charge is 0.356 e. The standard InChI is InChI=1S/C12H11BrFN3S2/c1-8(13)7-18-12-17-16-11(19-12)15-6-9-2-4-10(14)5-3-9/h2-5H,1,6-7H2,(H,15,16). The smallest absolute Gasteiger partial charge is 0.206 e. The minimum Gasteiger partial charge on any atom is -0.356 e. The molecule has 1 aromatic carbocycles. The molecule has 0 aliphatic rings. The molecule has 19 heavy (non-hydrogen) atoms. The summed E-state index contributed by atoms with van der Waals surface area (Å²) < 4.78 is 14.6. The quantitative estimate of drug-likeness (QED) is 0.780. The van der Waals surface area contributed by atoms with Gasteiger partial charge in [0.1, 0.15) is 5.82 Å². The van der Waals surface area contributed by atoms with Crippen molar-refractivity contribution >= 4 is 44.2 Å². The molecule has 0 unspecified atom stereocenters. The van der Waals surface area contributed by atoms with E-state index in [-0.39, 0.29) is 5.82 Å². The molecular formula is C12H11BrFN3S2. The fourth-order valence-corrected chi connectivity index (χ4v) is 3.10. The van der Waals surface area contributed by atoms with Crippen molar-refractivity contribution in [1.29, 1.82) is 0 Å². The maximum atomic E-state index is 12.7. The summed E-state index contributed by atoms with van der Waals surface area (Å²) in [6.45, 7) is 4.37. The maximum absolute atomic E-state index is 12.7. The predicted molar refractivity (Wildman–Crippen MR) is 82.4 cm³/mol. The highest BCUT2D eigenvalue weighted by Crippen LogP contribution is 2.27. The van der Waals surface area contributed by atoms with Crippen LogP contribution in [0.1, 0.15) is 5.56 Å². The molecule has 0 fully saturated rings. The lowest BCUT2D eigenvalue weighted by atomic mass is 10.2. The number of benzene rings is 1. The van der Waals surface area contributed by atoms with Gasteiger partial charge in [-0.25, -0.2) is 4.39 Å². The van der Waals surface area contributed by atoms with Crippen molar-refractivity contribution < 1.29 is 4.39 Å². The molecule has 0 aliphatic heterocycles. The Morgan fingerprint density at radius 1 is 1.37 bits per heavy atom. The fraction of sp³-hybridized carbons (Fsp3) is 0.167. The summed E-state index contributed by atoms with van der Waals surface area (Å²) in [6.07, 6.45) is 0. The molecule has 0 atom stereocenters. The number of hydrogen-bond acceptors (Lipinski definition) is 5. The van der Waals surface area contributed by atoms with Crippen molar-refractivity contribution in [3.05, 3.63) is 46.7 Å². The average Bonchev–Trinajstić information content (AvgIpc) is 2.84. The molecule has 0 saturated heterocycles. The van der Waals surface area contributed by atoms with Crippen LogP contribution in [0.4, 0.5) is 9.52 Å². The van der Waals surface area contributed by atoms with Gasteiger partial charge in [-0.15, -0.1) is 10.2 Å². The average molecular weight is 360 g/mol. The molecular weight excluding hydrogens is 349 g/mol. The van der Waals surface area contributed by atoms with Gasteiger partial charge in [-0.2, -0.15) is 0 Å². The molecule has 1 N–H and O–H groups in total. The van der Waals surface area contributed by atoms with Crippen molar-refractivity contribution in [1.82, 2.24) is 10.2 Å². The molecule has 1 aromatic heterocycles. The van der Waals surface area contributed by atoms with E-state index in [0.717, 1.165) is 25.3 Å². The summed E-state index contributed by atoms with van der Waals surface area (Å²) in [7, 11) is 0. The number of aromatic nitrogens is 2. The lowest BCUT2D eigenvalue weighted by Gasteiger charge is -2.01. The first-order valence-corrected chi connectivity index (χ1v) is 8.01. The van der Waals surface area contributed by atoms with Crippen molar-refractivity contribution in [3.8, 4) is 0 Å². The Hall–Kier alpha value is -0.920. The highest BCUT2D eigenvalue weighted by atomic mass is 79.9. The molecule has 100 valence electrons. The zero-order chi connectivity index (χ0) is 13.7.